The Bertz CT molecular complexity index is 404. The molecular weight excluding hydrogens is 226 g/mol. The highest BCUT2D eigenvalue weighted by molar-refractivity contribution is 6.30. The largest absolute Gasteiger partial charge is 0.478 e. The highest BCUT2D eigenvalue weighted by Gasteiger charge is 2.08. The molecule has 1 rings (SSSR count). The molecule has 0 aromatic heterocycles. The van der Waals surface area contributed by atoms with Gasteiger partial charge in [-0.05, 0) is 24.6 Å². The first-order chi connectivity index (χ1) is 7.50. The zero-order chi connectivity index (χ0) is 12.1. The third kappa shape index (κ3) is 3.68. The highest BCUT2D eigenvalue weighted by atomic mass is 35.5. The van der Waals surface area contributed by atoms with Crippen LogP contribution in [0.5, 0.6) is 0 Å². The summed E-state index contributed by atoms with van der Waals surface area (Å²) in [6, 6.07) is 7.49. The van der Waals surface area contributed by atoms with Crippen molar-refractivity contribution in [3.05, 3.63) is 47.0 Å². The second-order valence-electron chi connectivity index (χ2n) is 3.57. The molecule has 2 N–H and O–H groups in total. The Morgan fingerprint density at radius 2 is 2.31 bits per heavy atom. The summed E-state index contributed by atoms with van der Waals surface area (Å²) >= 11 is 5.86. The number of hydrogen-bond acceptors (Lipinski definition) is 2. The second-order valence-corrected chi connectivity index (χ2v) is 4.00. The van der Waals surface area contributed by atoms with Crippen molar-refractivity contribution in [3.63, 3.8) is 0 Å². The minimum absolute atomic E-state index is 0.0369. The van der Waals surface area contributed by atoms with Crippen molar-refractivity contribution in [3.8, 4) is 0 Å². The molecule has 16 heavy (non-hydrogen) atoms. The van der Waals surface area contributed by atoms with Crippen molar-refractivity contribution in [2.75, 3.05) is 6.54 Å². The normalized spacial score (nSPS) is 12.1. The molecule has 0 aliphatic rings. The molecule has 0 heterocycles. The Morgan fingerprint density at radius 3 is 2.88 bits per heavy atom. The van der Waals surface area contributed by atoms with Gasteiger partial charge in [-0.3, -0.25) is 0 Å². The average molecular weight is 240 g/mol. The van der Waals surface area contributed by atoms with Crippen LogP contribution in [0.3, 0.4) is 0 Å². The van der Waals surface area contributed by atoms with E-state index in [4.69, 9.17) is 16.7 Å². The molecule has 4 heteroatoms. The molecule has 86 valence electrons. The minimum atomic E-state index is -0.981. The van der Waals surface area contributed by atoms with Gasteiger partial charge in [-0.25, -0.2) is 4.79 Å². The Labute approximate surface area is 99.7 Å². The molecule has 0 bridgehead atoms. The second kappa shape index (κ2) is 5.68. The Kier molecular flexibility index (Phi) is 4.52. The molecule has 3 nitrogen and oxygen atoms in total. The zero-order valence-corrected chi connectivity index (χ0v) is 9.79. The maximum absolute atomic E-state index is 10.5. The Hall–Kier alpha value is -1.32. The summed E-state index contributed by atoms with van der Waals surface area (Å²) in [5.41, 5.74) is 1.17. The first kappa shape index (κ1) is 12.7. The van der Waals surface area contributed by atoms with Gasteiger partial charge >= 0.3 is 5.97 Å². The number of carbonyl (C=O) groups is 1. The molecule has 0 radical (unpaired) electrons. The van der Waals surface area contributed by atoms with Crippen molar-refractivity contribution in [1.82, 2.24) is 5.32 Å². The van der Waals surface area contributed by atoms with E-state index in [-0.39, 0.29) is 18.2 Å². The monoisotopic (exact) mass is 239 g/mol. The summed E-state index contributed by atoms with van der Waals surface area (Å²) in [7, 11) is 0. The fourth-order valence-electron chi connectivity index (χ4n) is 1.25. The van der Waals surface area contributed by atoms with E-state index in [1.54, 1.807) is 6.07 Å². The maximum atomic E-state index is 10.5. The summed E-state index contributed by atoms with van der Waals surface area (Å²) in [5.74, 6) is -0.981. The lowest BCUT2D eigenvalue weighted by Crippen LogP contribution is -2.23. The number of nitrogens with one attached hydrogen (secondary N) is 1. The number of halogens is 1. The average Bonchev–Trinajstić information content (AvgIpc) is 2.25. The van der Waals surface area contributed by atoms with Gasteiger partial charge in [-0.15, -0.1) is 0 Å². The summed E-state index contributed by atoms with van der Waals surface area (Å²) in [5, 5.41) is 12.4. The van der Waals surface area contributed by atoms with E-state index in [0.717, 1.165) is 5.56 Å². The van der Waals surface area contributed by atoms with E-state index < -0.39 is 5.97 Å². The van der Waals surface area contributed by atoms with Crippen LogP contribution in [0.25, 0.3) is 0 Å². The number of aliphatic carboxylic acids is 1. The van der Waals surface area contributed by atoms with Crippen LogP contribution in [0.15, 0.2) is 36.4 Å². The van der Waals surface area contributed by atoms with Gasteiger partial charge < -0.3 is 10.4 Å². The van der Waals surface area contributed by atoms with Gasteiger partial charge in [0.1, 0.15) is 0 Å². The van der Waals surface area contributed by atoms with E-state index in [0.29, 0.717) is 5.02 Å². The first-order valence-corrected chi connectivity index (χ1v) is 5.28. The smallest absolute Gasteiger partial charge is 0.332 e. The molecule has 1 unspecified atom stereocenters. The fourth-order valence-corrected chi connectivity index (χ4v) is 1.44. The predicted octanol–water partition coefficient (Wildman–Crippen LogP) is 2.63. The van der Waals surface area contributed by atoms with Crippen molar-refractivity contribution >= 4 is 17.6 Å². The first-order valence-electron chi connectivity index (χ1n) is 4.90. The van der Waals surface area contributed by atoms with Crippen LogP contribution in [-0.4, -0.2) is 17.6 Å². The molecule has 0 saturated heterocycles. The van der Waals surface area contributed by atoms with Crippen molar-refractivity contribution in [2.45, 2.75) is 13.0 Å². The van der Waals surface area contributed by atoms with E-state index in [1.165, 1.54) is 0 Å². The number of carboxylic acid groups (broad SMARTS) is 1. The Morgan fingerprint density at radius 1 is 1.62 bits per heavy atom. The van der Waals surface area contributed by atoms with E-state index >= 15 is 0 Å². The number of rotatable bonds is 5. The molecule has 0 aliphatic carbocycles. The number of hydrogen-bond donors (Lipinski definition) is 2. The maximum Gasteiger partial charge on any atom is 0.332 e. The lowest BCUT2D eigenvalue weighted by atomic mass is 10.1. The van der Waals surface area contributed by atoms with Crippen LogP contribution >= 0.6 is 11.6 Å². The van der Waals surface area contributed by atoms with Crippen LogP contribution in [-0.2, 0) is 4.79 Å². The summed E-state index contributed by atoms with van der Waals surface area (Å²) < 4.78 is 0. The lowest BCUT2D eigenvalue weighted by Gasteiger charge is -2.14. The number of carboxylic acids is 1. The van der Waals surface area contributed by atoms with Gasteiger partial charge in [-0.1, -0.05) is 30.3 Å². The van der Waals surface area contributed by atoms with E-state index in [2.05, 4.69) is 11.9 Å². The Balaban J connectivity index is 2.56. The molecule has 0 spiro atoms. The summed E-state index contributed by atoms with van der Waals surface area (Å²) in [6.45, 7) is 5.65. The molecule has 0 fully saturated rings. The van der Waals surface area contributed by atoms with Crippen LogP contribution in [0, 0.1) is 0 Å². The van der Waals surface area contributed by atoms with Crippen molar-refractivity contribution in [1.29, 1.82) is 0 Å². The van der Waals surface area contributed by atoms with Crippen LogP contribution in [0.1, 0.15) is 18.5 Å². The molecule has 1 aromatic rings. The van der Waals surface area contributed by atoms with E-state index in [9.17, 15) is 4.79 Å². The van der Waals surface area contributed by atoms with Gasteiger partial charge in [0.25, 0.3) is 0 Å². The molecular formula is C12H14ClNO2. The van der Waals surface area contributed by atoms with Gasteiger partial charge in [0.05, 0.1) is 0 Å². The molecule has 1 atom stereocenters. The van der Waals surface area contributed by atoms with Crippen molar-refractivity contribution < 1.29 is 9.90 Å². The molecule has 1 aromatic carbocycles. The molecule has 0 saturated carbocycles. The van der Waals surface area contributed by atoms with Gasteiger partial charge in [-0.2, -0.15) is 0 Å². The summed E-state index contributed by atoms with van der Waals surface area (Å²) in [4.78, 5) is 10.5. The zero-order valence-electron chi connectivity index (χ0n) is 9.03. The minimum Gasteiger partial charge on any atom is -0.478 e. The number of benzene rings is 1. The molecule has 0 aliphatic heterocycles. The fraction of sp³-hybridized carbons (Fsp3) is 0.250. The van der Waals surface area contributed by atoms with Crippen molar-refractivity contribution in [2.24, 2.45) is 0 Å². The summed E-state index contributed by atoms with van der Waals surface area (Å²) in [6.07, 6.45) is 0. The third-order valence-corrected chi connectivity index (χ3v) is 2.51. The van der Waals surface area contributed by atoms with Gasteiger partial charge in [0, 0.05) is 23.2 Å². The highest BCUT2D eigenvalue weighted by Crippen LogP contribution is 2.17. The van der Waals surface area contributed by atoms with Crippen LogP contribution in [0.4, 0.5) is 0 Å². The van der Waals surface area contributed by atoms with Crippen LogP contribution in [0.2, 0.25) is 5.02 Å². The SMILES string of the molecule is C=C(CNC(C)c1cccc(Cl)c1)C(=O)O. The van der Waals surface area contributed by atoms with Gasteiger partial charge in [0.2, 0.25) is 0 Å². The van der Waals surface area contributed by atoms with Crippen LogP contribution < -0.4 is 5.32 Å². The predicted molar refractivity (Wildman–Crippen MR) is 64.6 cm³/mol. The van der Waals surface area contributed by atoms with E-state index in [1.807, 2.05) is 25.1 Å². The standard InChI is InChI=1S/C12H14ClNO2/c1-8(12(15)16)7-14-9(2)10-4-3-5-11(13)6-10/h3-6,9,14H,1,7H2,2H3,(H,15,16). The molecule has 0 amide bonds. The third-order valence-electron chi connectivity index (χ3n) is 2.27. The topological polar surface area (TPSA) is 49.3 Å². The lowest BCUT2D eigenvalue weighted by molar-refractivity contribution is -0.132. The quantitative estimate of drug-likeness (QED) is 0.777. The van der Waals surface area contributed by atoms with Gasteiger partial charge in [0.15, 0.2) is 0 Å².